The van der Waals surface area contributed by atoms with E-state index in [2.05, 4.69) is 11.4 Å². The number of ether oxygens (including phenoxy) is 1. The van der Waals surface area contributed by atoms with Crippen LogP contribution in [0.3, 0.4) is 0 Å². The molecule has 2 rings (SSSR count). The first-order chi connectivity index (χ1) is 9.24. The van der Waals surface area contributed by atoms with E-state index in [-0.39, 0.29) is 5.75 Å². The van der Waals surface area contributed by atoms with E-state index in [0.29, 0.717) is 12.3 Å². The summed E-state index contributed by atoms with van der Waals surface area (Å²) >= 11 is 1.64. The summed E-state index contributed by atoms with van der Waals surface area (Å²) in [5.41, 5.74) is 0.720. The second kappa shape index (κ2) is 6.23. The third-order valence-corrected chi connectivity index (χ3v) is 3.60. The summed E-state index contributed by atoms with van der Waals surface area (Å²) in [6.07, 6.45) is 0. The molecule has 1 heterocycles. The van der Waals surface area contributed by atoms with Gasteiger partial charge < -0.3 is 9.84 Å². The van der Waals surface area contributed by atoms with Crippen LogP contribution < -0.4 is 10.1 Å². The molecule has 1 unspecified atom stereocenters. The summed E-state index contributed by atoms with van der Waals surface area (Å²) in [5.74, 6) is 0.442. The van der Waals surface area contributed by atoms with Crippen LogP contribution in [-0.4, -0.2) is 12.2 Å². The third-order valence-electron chi connectivity index (χ3n) is 2.73. The zero-order chi connectivity index (χ0) is 13.7. The predicted octanol–water partition coefficient (Wildman–Crippen LogP) is 2.82. The molecular formula is C14H14N2O2S. The lowest BCUT2D eigenvalue weighted by molar-refractivity contribution is 0.372. The molecule has 2 N–H and O–H groups in total. The van der Waals surface area contributed by atoms with Gasteiger partial charge in [0.25, 0.3) is 0 Å². The van der Waals surface area contributed by atoms with Crippen LogP contribution in [0, 0.1) is 11.3 Å². The van der Waals surface area contributed by atoms with Crippen molar-refractivity contribution in [3.8, 4) is 17.6 Å². The van der Waals surface area contributed by atoms with Crippen LogP contribution in [0.25, 0.3) is 0 Å². The van der Waals surface area contributed by atoms with Gasteiger partial charge in [-0.25, -0.2) is 0 Å². The van der Waals surface area contributed by atoms with E-state index < -0.39 is 6.04 Å². The molecule has 98 valence electrons. The summed E-state index contributed by atoms with van der Waals surface area (Å²) in [7, 11) is 1.49. The predicted molar refractivity (Wildman–Crippen MR) is 74.2 cm³/mol. The van der Waals surface area contributed by atoms with Gasteiger partial charge in [0.2, 0.25) is 0 Å². The van der Waals surface area contributed by atoms with Crippen molar-refractivity contribution in [3.63, 3.8) is 0 Å². The minimum absolute atomic E-state index is 0.0400. The Morgan fingerprint density at radius 2 is 2.32 bits per heavy atom. The second-order valence-corrected chi connectivity index (χ2v) is 4.99. The number of methoxy groups -OCH3 is 1. The number of rotatable bonds is 5. The third kappa shape index (κ3) is 3.25. The fourth-order valence-corrected chi connectivity index (χ4v) is 2.40. The smallest absolute Gasteiger partial charge is 0.160 e. The van der Waals surface area contributed by atoms with Crippen molar-refractivity contribution in [2.75, 3.05) is 7.11 Å². The average molecular weight is 274 g/mol. The SMILES string of the molecule is COc1ccc(C(C#N)NCc2cccs2)cc1O. The molecule has 0 aliphatic heterocycles. The highest BCUT2D eigenvalue weighted by molar-refractivity contribution is 7.09. The maximum atomic E-state index is 9.73. The van der Waals surface area contributed by atoms with Gasteiger partial charge in [0.15, 0.2) is 11.5 Å². The number of nitrogens with one attached hydrogen (secondary N) is 1. The second-order valence-electron chi connectivity index (χ2n) is 3.95. The fraction of sp³-hybridized carbons (Fsp3) is 0.214. The maximum Gasteiger partial charge on any atom is 0.160 e. The first-order valence-electron chi connectivity index (χ1n) is 5.77. The molecule has 0 saturated heterocycles. The summed E-state index contributed by atoms with van der Waals surface area (Å²) in [6, 6.07) is 10.7. The lowest BCUT2D eigenvalue weighted by Gasteiger charge is -2.12. The molecule has 4 nitrogen and oxygen atoms in total. The fourth-order valence-electron chi connectivity index (χ4n) is 1.74. The van der Waals surface area contributed by atoms with Crippen LogP contribution >= 0.6 is 11.3 Å². The van der Waals surface area contributed by atoms with Crippen LogP contribution in [0.2, 0.25) is 0 Å². The zero-order valence-corrected chi connectivity index (χ0v) is 11.3. The Morgan fingerprint density at radius 3 is 2.89 bits per heavy atom. The molecule has 1 atom stereocenters. The lowest BCUT2D eigenvalue weighted by atomic mass is 10.1. The van der Waals surface area contributed by atoms with Gasteiger partial charge in [0.1, 0.15) is 6.04 Å². The van der Waals surface area contributed by atoms with Crippen molar-refractivity contribution in [1.82, 2.24) is 5.32 Å². The van der Waals surface area contributed by atoms with Crippen molar-refractivity contribution in [2.45, 2.75) is 12.6 Å². The van der Waals surface area contributed by atoms with Gasteiger partial charge in [-0.05, 0) is 29.1 Å². The molecule has 0 radical (unpaired) electrons. The number of nitrogens with zero attached hydrogens (tertiary/aromatic N) is 1. The first-order valence-corrected chi connectivity index (χ1v) is 6.65. The largest absolute Gasteiger partial charge is 0.504 e. The Hall–Kier alpha value is -2.03. The Balaban J connectivity index is 2.09. The van der Waals surface area contributed by atoms with E-state index in [9.17, 15) is 10.4 Å². The van der Waals surface area contributed by atoms with E-state index >= 15 is 0 Å². The molecule has 0 saturated carbocycles. The van der Waals surface area contributed by atoms with Gasteiger partial charge >= 0.3 is 0 Å². The molecular weight excluding hydrogens is 260 g/mol. The molecule has 1 aromatic heterocycles. The quantitative estimate of drug-likeness (QED) is 0.880. The summed E-state index contributed by atoms with van der Waals surface area (Å²) in [5, 5.41) is 24.1. The van der Waals surface area contributed by atoms with Crippen LogP contribution in [-0.2, 0) is 6.54 Å². The van der Waals surface area contributed by atoms with Gasteiger partial charge in [-0.1, -0.05) is 12.1 Å². The summed E-state index contributed by atoms with van der Waals surface area (Å²) in [6.45, 7) is 0.628. The van der Waals surface area contributed by atoms with Gasteiger partial charge in [-0.3, -0.25) is 5.32 Å². The van der Waals surface area contributed by atoms with Crippen LogP contribution in [0.5, 0.6) is 11.5 Å². The lowest BCUT2D eigenvalue weighted by Crippen LogP contribution is -2.18. The molecule has 0 amide bonds. The number of thiophene rings is 1. The number of aromatic hydroxyl groups is 1. The Morgan fingerprint density at radius 1 is 1.47 bits per heavy atom. The number of hydrogen-bond donors (Lipinski definition) is 2. The van der Waals surface area contributed by atoms with Gasteiger partial charge in [-0.15, -0.1) is 11.3 Å². The number of nitriles is 1. The molecule has 0 fully saturated rings. The van der Waals surface area contributed by atoms with E-state index in [0.717, 1.165) is 10.4 Å². The van der Waals surface area contributed by atoms with E-state index in [1.54, 1.807) is 29.5 Å². The van der Waals surface area contributed by atoms with Gasteiger partial charge in [0, 0.05) is 11.4 Å². The van der Waals surface area contributed by atoms with Gasteiger partial charge in [-0.2, -0.15) is 5.26 Å². The van der Waals surface area contributed by atoms with Crippen molar-refractivity contribution in [1.29, 1.82) is 5.26 Å². The highest BCUT2D eigenvalue weighted by Gasteiger charge is 2.12. The normalized spacial score (nSPS) is 11.8. The molecule has 0 bridgehead atoms. The Kier molecular flexibility index (Phi) is 4.39. The zero-order valence-electron chi connectivity index (χ0n) is 10.5. The van der Waals surface area contributed by atoms with E-state index in [1.165, 1.54) is 7.11 Å². The summed E-state index contributed by atoms with van der Waals surface area (Å²) in [4.78, 5) is 1.16. The molecule has 0 aliphatic rings. The minimum atomic E-state index is -0.459. The van der Waals surface area contributed by atoms with Crippen molar-refractivity contribution in [3.05, 3.63) is 46.2 Å². The average Bonchev–Trinajstić information content (AvgIpc) is 2.93. The molecule has 0 spiro atoms. The summed E-state index contributed by atoms with van der Waals surface area (Å²) < 4.78 is 4.98. The van der Waals surface area contributed by atoms with Gasteiger partial charge in [0.05, 0.1) is 13.2 Å². The molecule has 5 heteroatoms. The number of phenols is 1. The standard InChI is InChI=1S/C14H14N2O2S/c1-18-14-5-4-10(7-13(14)17)12(8-15)16-9-11-3-2-6-19-11/h2-7,12,16-17H,9H2,1H3. The van der Waals surface area contributed by atoms with Crippen LogP contribution in [0.4, 0.5) is 0 Å². The molecule has 2 aromatic rings. The number of phenolic OH excluding ortho intramolecular Hbond substituents is 1. The van der Waals surface area contributed by atoms with Crippen molar-refractivity contribution < 1.29 is 9.84 Å². The van der Waals surface area contributed by atoms with Crippen molar-refractivity contribution in [2.24, 2.45) is 0 Å². The maximum absolute atomic E-state index is 9.73. The monoisotopic (exact) mass is 274 g/mol. The first kappa shape index (κ1) is 13.4. The molecule has 1 aromatic carbocycles. The van der Waals surface area contributed by atoms with Crippen molar-refractivity contribution >= 4 is 11.3 Å². The highest BCUT2D eigenvalue weighted by Crippen LogP contribution is 2.28. The van der Waals surface area contributed by atoms with E-state index in [4.69, 9.17) is 4.74 Å². The van der Waals surface area contributed by atoms with Crippen LogP contribution in [0.1, 0.15) is 16.5 Å². The Labute approximate surface area is 115 Å². The molecule has 19 heavy (non-hydrogen) atoms. The molecule has 0 aliphatic carbocycles. The van der Waals surface area contributed by atoms with E-state index in [1.807, 2.05) is 17.5 Å². The van der Waals surface area contributed by atoms with Crippen LogP contribution in [0.15, 0.2) is 35.7 Å². The number of benzene rings is 1. The highest BCUT2D eigenvalue weighted by atomic mass is 32.1. The number of hydrogen-bond acceptors (Lipinski definition) is 5. The topological polar surface area (TPSA) is 65.3 Å². The Bertz CT molecular complexity index is 576. The minimum Gasteiger partial charge on any atom is -0.504 e.